The summed E-state index contributed by atoms with van der Waals surface area (Å²) in [4.78, 5) is 6.24. The lowest BCUT2D eigenvalue weighted by atomic mass is 10.1. The van der Waals surface area contributed by atoms with Gasteiger partial charge in [0.1, 0.15) is 5.82 Å². The van der Waals surface area contributed by atoms with E-state index >= 15 is 0 Å². The number of halogens is 2. The van der Waals surface area contributed by atoms with Gasteiger partial charge in [-0.25, -0.2) is 4.39 Å². The number of aliphatic imine (C=N–C) groups is 1. The highest BCUT2D eigenvalue weighted by molar-refractivity contribution is 14.0. The molecule has 1 aromatic rings. The van der Waals surface area contributed by atoms with Gasteiger partial charge < -0.3 is 25.0 Å². The zero-order valence-electron chi connectivity index (χ0n) is 16.6. The Labute approximate surface area is 184 Å². The van der Waals surface area contributed by atoms with E-state index in [1.54, 1.807) is 13.1 Å². The molecule has 0 amide bonds. The Kier molecular flexibility index (Phi) is 10.3. The fourth-order valence-corrected chi connectivity index (χ4v) is 3.04. The highest BCUT2D eigenvalue weighted by atomic mass is 127. The van der Waals surface area contributed by atoms with Crippen molar-refractivity contribution >= 4 is 35.6 Å². The van der Waals surface area contributed by atoms with Gasteiger partial charge in [0.15, 0.2) is 5.96 Å². The van der Waals surface area contributed by atoms with Gasteiger partial charge in [0, 0.05) is 46.4 Å². The Balaban J connectivity index is 0.00000280. The molecule has 1 aromatic carbocycles. The lowest BCUT2D eigenvalue weighted by Crippen LogP contribution is -2.38. The molecule has 1 aliphatic heterocycles. The molecule has 1 heterocycles. The maximum Gasteiger partial charge on any atom is 0.191 e. The van der Waals surface area contributed by atoms with Crippen molar-refractivity contribution < 1.29 is 13.9 Å². The summed E-state index contributed by atoms with van der Waals surface area (Å²) in [6.45, 7) is 5.76. The zero-order chi connectivity index (χ0) is 18.9. The predicted octanol–water partition coefficient (Wildman–Crippen LogP) is 2.76. The van der Waals surface area contributed by atoms with Gasteiger partial charge >= 0.3 is 0 Å². The van der Waals surface area contributed by atoms with Crippen molar-refractivity contribution in [2.45, 2.75) is 25.8 Å². The summed E-state index contributed by atoms with van der Waals surface area (Å²) in [5, 5.41) is 6.49. The van der Waals surface area contributed by atoms with Crippen LogP contribution in [0.5, 0.6) is 0 Å². The van der Waals surface area contributed by atoms with Crippen LogP contribution < -0.4 is 15.5 Å². The second kappa shape index (κ2) is 12.4. The van der Waals surface area contributed by atoms with E-state index in [0.29, 0.717) is 25.4 Å². The van der Waals surface area contributed by atoms with E-state index in [1.807, 2.05) is 17.0 Å². The van der Waals surface area contributed by atoms with Gasteiger partial charge in [-0.15, -0.1) is 24.0 Å². The number of ether oxygens (including phenoxy) is 2. The second-order valence-electron chi connectivity index (χ2n) is 7.11. The first-order valence-corrected chi connectivity index (χ1v) is 9.89. The largest absolute Gasteiger partial charge is 0.381 e. The summed E-state index contributed by atoms with van der Waals surface area (Å²) in [5.41, 5.74) is 1.54. The van der Waals surface area contributed by atoms with Crippen molar-refractivity contribution in [3.05, 3.63) is 29.6 Å². The van der Waals surface area contributed by atoms with Crippen LogP contribution in [0.15, 0.2) is 23.2 Å². The first kappa shape index (κ1) is 23.2. The second-order valence-corrected chi connectivity index (χ2v) is 7.11. The molecule has 0 aromatic heterocycles. The smallest absolute Gasteiger partial charge is 0.191 e. The molecule has 6 nitrogen and oxygen atoms in total. The van der Waals surface area contributed by atoms with Gasteiger partial charge in [-0.1, -0.05) is 6.07 Å². The van der Waals surface area contributed by atoms with Gasteiger partial charge in [0.05, 0.1) is 18.9 Å². The molecule has 2 fully saturated rings. The molecule has 0 radical (unpaired) electrons. The normalized spacial score (nSPS) is 17.2. The van der Waals surface area contributed by atoms with Crippen molar-refractivity contribution in [3.63, 3.8) is 0 Å². The number of hydrogen-bond acceptors (Lipinski definition) is 4. The molecular formula is C20H32FIN4O2. The van der Waals surface area contributed by atoms with Crippen molar-refractivity contribution in [2.75, 3.05) is 58.0 Å². The Morgan fingerprint density at radius 2 is 2.07 bits per heavy atom. The third-order valence-corrected chi connectivity index (χ3v) is 4.86. The number of nitrogens with one attached hydrogen (secondary N) is 2. The zero-order valence-corrected chi connectivity index (χ0v) is 18.9. The Bertz CT molecular complexity index is 622. The maximum atomic E-state index is 14.5. The van der Waals surface area contributed by atoms with Crippen LogP contribution in [0.1, 0.15) is 24.8 Å². The van der Waals surface area contributed by atoms with Crippen molar-refractivity contribution in [2.24, 2.45) is 10.9 Å². The Morgan fingerprint density at radius 1 is 1.29 bits per heavy atom. The van der Waals surface area contributed by atoms with E-state index in [9.17, 15) is 4.39 Å². The maximum absolute atomic E-state index is 14.5. The van der Waals surface area contributed by atoms with Gasteiger partial charge in [0.2, 0.25) is 0 Å². The van der Waals surface area contributed by atoms with E-state index in [2.05, 4.69) is 15.6 Å². The molecule has 2 N–H and O–H groups in total. The van der Waals surface area contributed by atoms with Crippen LogP contribution in [-0.2, 0) is 16.0 Å². The molecule has 8 heteroatoms. The number of anilines is 1. The molecule has 3 rings (SSSR count). The van der Waals surface area contributed by atoms with E-state index in [0.717, 1.165) is 56.7 Å². The van der Waals surface area contributed by atoms with Crippen LogP contribution in [0.4, 0.5) is 10.1 Å². The molecule has 28 heavy (non-hydrogen) atoms. The van der Waals surface area contributed by atoms with Crippen LogP contribution >= 0.6 is 24.0 Å². The van der Waals surface area contributed by atoms with Gasteiger partial charge in [-0.05, 0) is 42.9 Å². The third kappa shape index (κ3) is 7.71. The van der Waals surface area contributed by atoms with Crippen LogP contribution in [0.25, 0.3) is 0 Å². The summed E-state index contributed by atoms with van der Waals surface area (Å²) in [5.74, 6) is 1.34. The number of rotatable bonds is 9. The van der Waals surface area contributed by atoms with Crippen LogP contribution in [0, 0.1) is 11.7 Å². The molecule has 2 aliphatic rings. The molecule has 0 unspecified atom stereocenters. The SMILES string of the molecule is CN=C(NCCCOCC1CC1)NCc1ccc(N2CCOCC2)c(F)c1.I. The molecular weight excluding hydrogens is 474 g/mol. The van der Waals surface area contributed by atoms with Crippen LogP contribution in [0.2, 0.25) is 0 Å². The Morgan fingerprint density at radius 3 is 2.75 bits per heavy atom. The minimum Gasteiger partial charge on any atom is -0.381 e. The third-order valence-electron chi connectivity index (χ3n) is 4.86. The number of hydrogen-bond donors (Lipinski definition) is 2. The van der Waals surface area contributed by atoms with Crippen molar-refractivity contribution in [3.8, 4) is 0 Å². The first-order chi connectivity index (χ1) is 13.3. The standard InChI is InChI=1S/C20H31FN4O2.HI/c1-22-20(23-7-2-10-27-15-16-3-4-16)24-14-17-5-6-19(18(21)13-17)25-8-11-26-12-9-25;/h5-6,13,16H,2-4,7-12,14-15H2,1H3,(H2,22,23,24);1H. The number of morpholine rings is 1. The average molecular weight is 506 g/mol. The minimum atomic E-state index is -0.188. The minimum absolute atomic E-state index is 0. The van der Waals surface area contributed by atoms with Gasteiger partial charge in [0.25, 0.3) is 0 Å². The molecule has 1 saturated carbocycles. The van der Waals surface area contributed by atoms with E-state index in [1.165, 1.54) is 12.8 Å². The lowest BCUT2D eigenvalue weighted by molar-refractivity contribution is 0.122. The number of benzene rings is 1. The molecule has 0 atom stereocenters. The van der Waals surface area contributed by atoms with Gasteiger partial charge in [-0.3, -0.25) is 4.99 Å². The molecule has 0 bridgehead atoms. The monoisotopic (exact) mass is 506 g/mol. The highest BCUT2D eigenvalue weighted by Crippen LogP contribution is 2.28. The van der Waals surface area contributed by atoms with Crippen molar-refractivity contribution in [1.82, 2.24) is 10.6 Å². The van der Waals surface area contributed by atoms with Crippen LogP contribution in [0.3, 0.4) is 0 Å². The fourth-order valence-electron chi connectivity index (χ4n) is 3.04. The summed E-state index contributed by atoms with van der Waals surface area (Å²) in [7, 11) is 1.74. The predicted molar refractivity (Wildman–Crippen MR) is 121 cm³/mol. The Hall–Kier alpha value is -1.13. The molecule has 158 valence electrons. The summed E-state index contributed by atoms with van der Waals surface area (Å²) >= 11 is 0. The molecule has 1 aliphatic carbocycles. The fraction of sp³-hybridized carbons (Fsp3) is 0.650. The van der Waals surface area contributed by atoms with E-state index < -0.39 is 0 Å². The lowest BCUT2D eigenvalue weighted by Gasteiger charge is -2.29. The summed E-state index contributed by atoms with van der Waals surface area (Å²) in [6, 6.07) is 5.40. The quantitative estimate of drug-likeness (QED) is 0.234. The van der Waals surface area contributed by atoms with Crippen molar-refractivity contribution in [1.29, 1.82) is 0 Å². The molecule has 0 spiro atoms. The summed E-state index contributed by atoms with van der Waals surface area (Å²) in [6.07, 6.45) is 3.59. The topological polar surface area (TPSA) is 58.1 Å². The van der Waals surface area contributed by atoms with E-state index in [4.69, 9.17) is 9.47 Å². The molecule has 1 saturated heterocycles. The number of nitrogens with zero attached hydrogens (tertiary/aromatic N) is 2. The highest BCUT2D eigenvalue weighted by Gasteiger charge is 2.20. The average Bonchev–Trinajstić information content (AvgIpc) is 3.52. The number of guanidine groups is 1. The first-order valence-electron chi connectivity index (χ1n) is 9.89. The summed E-state index contributed by atoms with van der Waals surface area (Å²) < 4.78 is 25.4. The van der Waals surface area contributed by atoms with E-state index in [-0.39, 0.29) is 29.8 Å². The van der Waals surface area contributed by atoms with Crippen LogP contribution in [-0.4, -0.2) is 59.1 Å². The van der Waals surface area contributed by atoms with Gasteiger partial charge in [-0.2, -0.15) is 0 Å².